The van der Waals surface area contributed by atoms with Gasteiger partial charge < -0.3 is 13.7 Å². The van der Waals surface area contributed by atoms with Crippen LogP contribution in [0.15, 0.2) is 43.2 Å². The maximum absolute atomic E-state index is 11.3. The van der Waals surface area contributed by atoms with Crippen LogP contribution in [0.4, 0.5) is 0 Å². The molecule has 16 heteroatoms. The Morgan fingerprint density at radius 2 is 1.15 bits per heavy atom. The van der Waals surface area contributed by atoms with Crippen molar-refractivity contribution in [3.05, 3.63) is 57.0 Å². The van der Waals surface area contributed by atoms with Crippen LogP contribution < -0.4 is 0 Å². The van der Waals surface area contributed by atoms with Crippen LogP contribution in [-0.2, 0) is 21.0 Å². The van der Waals surface area contributed by atoms with Crippen molar-refractivity contribution in [2.45, 2.75) is 86.0 Å². The molecule has 12 nitrogen and oxygen atoms in total. The zero-order valence-corrected chi connectivity index (χ0v) is 30.6. The molecular formula is C31H40N8O4S4. The molecule has 0 fully saturated rings. The second-order valence-electron chi connectivity index (χ2n) is 12.9. The molecule has 6 aromatic rings. The van der Waals surface area contributed by atoms with Gasteiger partial charge in [-0.2, -0.15) is 4.98 Å². The molecule has 0 amide bonds. The standard InChI is InChI=1S/C12H14N2O2S2.2C9H11N3OS.CH4/c1-12(2,3)8-6-18-10(14-8)9-13-7(5-17-9)11(15)16-4;1-9(2,3)6-4-14-8(11-6)7-12-10-5-13-7;1-9(2,3)6-4-14-8(12-6)7-10-5-11-13-7;/h5-6H,1-4H3;2*4-5H,1-3H3;1H4. The summed E-state index contributed by atoms with van der Waals surface area (Å²) in [6, 6.07) is 0. The van der Waals surface area contributed by atoms with Gasteiger partial charge in [0.05, 0.1) is 24.2 Å². The van der Waals surface area contributed by atoms with Crippen LogP contribution in [0.2, 0.25) is 0 Å². The predicted octanol–water partition coefficient (Wildman–Crippen LogP) is 8.97. The van der Waals surface area contributed by atoms with E-state index >= 15 is 0 Å². The first-order valence-corrected chi connectivity index (χ1v) is 17.5. The lowest BCUT2D eigenvalue weighted by atomic mass is 9.93. The third-order valence-electron chi connectivity index (χ3n) is 5.99. The minimum Gasteiger partial charge on any atom is -0.464 e. The van der Waals surface area contributed by atoms with Crippen LogP contribution in [0.1, 0.15) is 97.3 Å². The number of aromatic nitrogens is 8. The number of carbonyl (C=O) groups is 1. The molecule has 0 aromatic carbocycles. The van der Waals surface area contributed by atoms with Crippen LogP contribution >= 0.6 is 45.3 Å². The summed E-state index contributed by atoms with van der Waals surface area (Å²) in [6.07, 6.45) is 2.70. The lowest BCUT2D eigenvalue weighted by molar-refractivity contribution is 0.0595. The minimum atomic E-state index is -0.412. The molecule has 0 radical (unpaired) electrons. The van der Waals surface area contributed by atoms with Crippen molar-refractivity contribution in [1.29, 1.82) is 0 Å². The lowest BCUT2D eigenvalue weighted by Gasteiger charge is -2.13. The molecule has 0 aliphatic heterocycles. The fraction of sp³-hybridized carbons (Fsp3) is 0.452. The van der Waals surface area contributed by atoms with Crippen LogP contribution in [0.3, 0.4) is 0 Å². The molecule has 0 saturated heterocycles. The number of rotatable bonds is 4. The molecule has 0 N–H and O–H groups in total. The van der Waals surface area contributed by atoms with Gasteiger partial charge in [-0.25, -0.2) is 24.7 Å². The Labute approximate surface area is 290 Å². The maximum Gasteiger partial charge on any atom is 0.357 e. The molecule has 252 valence electrons. The number of nitrogens with zero attached hydrogens (tertiary/aromatic N) is 8. The van der Waals surface area contributed by atoms with Crippen LogP contribution in [-0.4, -0.2) is 53.4 Å². The number of hydrogen-bond acceptors (Lipinski definition) is 16. The van der Waals surface area contributed by atoms with Crippen LogP contribution in [0.5, 0.6) is 0 Å². The second-order valence-corrected chi connectivity index (χ2v) is 16.3. The molecule has 47 heavy (non-hydrogen) atoms. The molecule has 0 unspecified atom stereocenters. The van der Waals surface area contributed by atoms with Crippen molar-refractivity contribution in [3.63, 3.8) is 0 Å². The van der Waals surface area contributed by atoms with Crippen molar-refractivity contribution in [1.82, 2.24) is 40.3 Å². The Hall–Kier alpha value is -3.73. The first-order valence-electron chi connectivity index (χ1n) is 14.0. The van der Waals surface area contributed by atoms with Crippen molar-refractivity contribution >= 4 is 51.3 Å². The van der Waals surface area contributed by atoms with E-state index in [0.717, 1.165) is 37.1 Å². The number of ether oxygens (including phenoxy) is 1. The van der Waals surface area contributed by atoms with Gasteiger partial charge in [-0.3, -0.25) is 0 Å². The van der Waals surface area contributed by atoms with Gasteiger partial charge >= 0.3 is 5.97 Å². The van der Waals surface area contributed by atoms with Gasteiger partial charge in [0.2, 0.25) is 6.39 Å². The van der Waals surface area contributed by atoms with Gasteiger partial charge in [0.1, 0.15) is 0 Å². The molecule has 6 rings (SSSR count). The summed E-state index contributed by atoms with van der Waals surface area (Å²) in [4.78, 5) is 33.0. The van der Waals surface area contributed by atoms with E-state index in [1.807, 2.05) is 16.1 Å². The van der Waals surface area contributed by atoms with Gasteiger partial charge in [-0.1, -0.05) is 74.9 Å². The molecule has 0 bridgehead atoms. The summed E-state index contributed by atoms with van der Waals surface area (Å²) in [5, 5.41) is 21.9. The van der Waals surface area contributed by atoms with Crippen LogP contribution in [0.25, 0.3) is 31.8 Å². The average molecular weight is 717 g/mol. The van der Waals surface area contributed by atoms with E-state index in [1.165, 1.54) is 53.8 Å². The number of methoxy groups -OCH3 is 1. The third-order valence-corrected chi connectivity index (χ3v) is 9.47. The van der Waals surface area contributed by atoms with Gasteiger partial charge in [0, 0.05) is 37.8 Å². The lowest BCUT2D eigenvalue weighted by Crippen LogP contribution is -2.11. The summed E-state index contributed by atoms with van der Waals surface area (Å²) in [6.45, 7) is 19.1. The van der Waals surface area contributed by atoms with Gasteiger partial charge in [0.25, 0.3) is 11.8 Å². The fourth-order valence-corrected chi connectivity index (χ4v) is 7.08. The summed E-state index contributed by atoms with van der Waals surface area (Å²) in [7, 11) is 1.35. The fourth-order valence-electron chi connectivity index (χ4n) is 3.25. The molecule has 6 heterocycles. The van der Waals surface area contributed by atoms with Crippen molar-refractivity contribution in [3.8, 4) is 31.8 Å². The molecule has 0 aliphatic carbocycles. The Morgan fingerprint density at radius 3 is 1.57 bits per heavy atom. The Kier molecular flexibility index (Phi) is 12.4. The number of thiazole rings is 4. The topological polar surface area (TPSA) is 156 Å². The monoisotopic (exact) mass is 716 g/mol. The molecular weight excluding hydrogens is 677 g/mol. The van der Waals surface area contributed by atoms with Crippen molar-refractivity contribution < 1.29 is 18.5 Å². The molecule has 0 atom stereocenters. The minimum absolute atomic E-state index is 0. The van der Waals surface area contributed by atoms with Gasteiger partial charge in [0.15, 0.2) is 32.1 Å². The highest BCUT2D eigenvalue weighted by atomic mass is 32.1. The Bertz CT molecular complexity index is 1730. The van der Waals surface area contributed by atoms with E-state index in [9.17, 15) is 4.79 Å². The van der Waals surface area contributed by atoms with E-state index < -0.39 is 5.97 Å². The number of hydrogen-bond donors (Lipinski definition) is 0. The van der Waals surface area contributed by atoms with Gasteiger partial charge in [-0.05, 0) is 0 Å². The molecule has 0 aliphatic rings. The highest BCUT2D eigenvalue weighted by Crippen LogP contribution is 2.32. The highest BCUT2D eigenvalue weighted by molar-refractivity contribution is 7.19. The zero-order chi connectivity index (χ0) is 33.7. The van der Waals surface area contributed by atoms with Crippen molar-refractivity contribution in [2.75, 3.05) is 7.11 Å². The molecule has 0 saturated carbocycles. The largest absolute Gasteiger partial charge is 0.464 e. The van der Waals surface area contributed by atoms with Gasteiger partial charge in [-0.15, -0.1) is 55.5 Å². The summed E-state index contributed by atoms with van der Waals surface area (Å²) in [5.41, 5.74) is 3.63. The van der Waals surface area contributed by atoms with Crippen LogP contribution in [0, 0.1) is 0 Å². The Morgan fingerprint density at radius 1 is 0.681 bits per heavy atom. The zero-order valence-electron chi connectivity index (χ0n) is 27.3. The highest BCUT2D eigenvalue weighted by Gasteiger charge is 2.22. The summed E-state index contributed by atoms with van der Waals surface area (Å²) in [5.74, 6) is 0.570. The molecule has 6 aromatic heterocycles. The predicted molar refractivity (Wildman–Crippen MR) is 188 cm³/mol. The smallest absolute Gasteiger partial charge is 0.357 e. The Balaban J connectivity index is 0.000000192. The molecule has 0 spiro atoms. The maximum atomic E-state index is 11.3. The average Bonchev–Trinajstić information content (AvgIpc) is 3.84. The first-order chi connectivity index (χ1) is 21.6. The van der Waals surface area contributed by atoms with Crippen molar-refractivity contribution in [2.24, 2.45) is 0 Å². The second kappa shape index (κ2) is 15.4. The SMILES string of the molecule is C.CC(C)(C)c1csc(-c2ncno2)n1.CC(C)(C)c1csc(-c2nnco2)n1.COC(=O)c1csc(-c2nc(C(C)(C)C)cs2)n1. The first kappa shape index (κ1) is 37.7. The van der Waals surface area contributed by atoms with E-state index in [1.54, 1.807) is 16.7 Å². The third kappa shape index (κ3) is 10.1. The van der Waals surface area contributed by atoms with E-state index in [2.05, 4.69) is 107 Å². The quantitative estimate of drug-likeness (QED) is 0.160. The van der Waals surface area contributed by atoms with E-state index in [-0.39, 0.29) is 23.7 Å². The normalized spacial score (nSPS) is 11.5. The number of esters is 1. The van der Waals surface area contributed by atoms with E-state index in [0.29, 0.717) is 17.5 Å². The summed E-state index contributed by atoms with van der Waals surface area (Å²) < 4.78 is 14.6. The van der Waals surface area contributed by atoms with E-state index in [4.69, 9.17) is 8.94 Å². The number of carbonyl (C=O) groups excluding carboxylic acids is 1. The summed E-state index contributed by atoms with van der Waals surface area (Å²) >= 11 is 6.01.